The minimum absolute atomic E-state index is 0.0485. The van der Waals surface area contributed by atoms with Gasteiger partial charge in [-0.05, 0) is 29.7 Å². The van der Waals surface area contributed by atoms with Crippen molar-refractivity contribution >= 4 is 5.69 Å². The molecule has 0 saturated heterocycles. The van der Waals surface area contributed by atoms with Crippen LogP contribution in [0, 0.1) is 21.4 Å². The van der Waals surface area contributed by atoms with Gasteiger partial charge in [-0.1, -0.05) is 24.3 Å². The maximum atomic E-state index is 10.6. The second-order valence-corrected chi connectivity index (χ2v) is 4.47. The Kier molecular flexibility index (Phi) is 4.08. The molecular formula is C15H13N3O2. The lowest BCUT2D eigenvalue weighted by molar-refractivity contribution is -0.384. The van der Waals surface area contributed by atoms with Crippen LogP contribution in [0.2, 0.25) is 0 Å². The summed E-state index contributed by atoms with van der Waals surface area (Å²) in [5, 5.41) is 19.4. The van der Waals surface area contributed by atoms with Gasteiger partial charge in [-0.2, -0.15) is 5.26 Å². The second kappa shape index (κ2) is 5.95. The van der Waals surface area contributed by atoms with Gasteiger partial charge in [0.2, 0.25) is 0 Å². The lowest BCUT2D eigenvalue weighted by atomic mass is 9.98. The van der Waals surface area contributed by atoms with Crippen LogP contribution in [0.1, 0.15) is 22.7 Å². The van der Waals surface area contributed by atoms with E-state index in [9.17, 15) is 10.1 Å². The first-order chi connectivity index (χ1) is 9.60. The predicted octanol–water partition coefficient (Wildman–Crippen LogP) is 2.71. The lowest BCUT2D eigenvalue weighted by Crippen LogP contribution is -2.13. The average molecular weight is 267 g/mol. The molecule has 100 valence electrons. The average Bonchev–Trinajstić information content (AvgIpc) is 2.47. The quantitative estimate of drug-likeness (QED) is 0.680. The summed E-state index contributed by atoms with van der Waals surface area (Å²) in [7, 11) is 0. The van der Waals surface area contributed by atoms with E-state index >= 15 is 0 Å². The molecule has 0 aromatic heterocycles. The third kappa shape index (κ3) is 3.19. The standard InChI is InChI=1S/C15H13N3O2/c16-10-12-3-1-2-11(8-12)9-15(17)13-4-6-14(7-5-13)18(19)20/h1-8,15H,9,17H2. The molecule has 2 rings (SSSR count). The summed E-state index contributed by atoms with van der Waals surface area (Å²) in [5.74, 6) is 0. The van der Waals surface area contributed by atoms with E-state index < -0.39 is 4.92 Å². The zero-order valence-corrected chi connectivity index (χ0v) is 10.7. The van der Waals surface area contributed by atoms with E-state index in [0.29, 0.717) is 12.0 Å². The fourth-order valence-corrected chi connectivity index (χ4v) is 1.98. The van der Waals surface area contributed by atoms with Gasteiger partial charge < -0.3 is 5.73 Å². The Labute approximate surface area is 116 Å². The highest BCUT2D eigenvalue weighted by Crippen LogP contribution is 2.19. The highest BCUT2D eigenvalue weighted by atomic mass is 16.6. The number of nitrogens with zero attached hydrogens (tertiary/aromatic N) is 2. The Bertz CT molecular complexity index is 660. The minimum Gasteiger partial charge on any atom is -0.324 e. The van der Waals surface area contributed by atoms with Gasteiger partial charge in [-0.15, -0.1) is 0 Å². The monoisotopic (exact) mass is 267 g/mol. The molecule has 0 heterocycles. The van der Waals surface area contributed by atoms with Crippen LogP contribution in [0.5, 0.6) is 0 Å². The Morgan fingerprint density at radius 1 is 1.25 bits per heavy atom. The molecular weight excluding hydrogens is 254 g/mol. The Morgan fingerprint density at radius 2 is 1.95 bits per heavy atom. The Balaban J connectivity index is 2.13. The minimum atomic E-state index is -0.439. The molecule has 0 amide bonds. The zero-order chi connectivity index (χ0) is 14.5. The summed E-state index contributed by atoms with van der Waals surface area (Å²) in [6.45, 7) is 0. The van der Waals surface area contributed by atoms with E-state index in [2.05, 4.69) is 6.07 Å². The molecule has 0 aliphatic rings. The van der Waals surface area contributed by atoms with Gasteiger partial charge in [0.15, 0.2) is 0 Å². The van der Waals surface area contributed by atoms with Gasteiger partial charge in [0.05, 0.1) is 16.6 Å². The SMILES string of the molecule is N#Cc1cccc(CC(N)c2ccc([N+](=O)[O-])cc2)c1. The molecule has 0 saturated carbocycles. The predicted molar refractivity (Wildman–Crippen MR) is 74.9 cm³/mol. The van der Waals surface area contributed by atoms with Crippen molar-refractivity contribution in [3.8, 4) is 6.07 Å². The number of nitrogens with two attached hydrogens (primary N) is 1. The normalized spacial score (nSPS) is 11.6. The zero-order valence-electron chi connectivity index (χ0n) is 10.7. The lowest BCUT2D eigenvalue weighted by Gasteiger charge is -2.12. The molecule has 0 aliphatic heterocycles. The van der Waals surface area contributed by atoms with E-state index in [4.69, 9.17) is 11.0 Å². The van der Waals surface area contributed by atoms with Crippen molar-refractivity contribution in [2.45, 2.75) is 12.5 Å². The number of benzene rings is 2. The number of nitro groups is 1. The van der Waals surface area contributed by atoms with Crippen LogP contribution < -0.4 is 5.73 Å². The summed E-state index contributed by atoms with van der Waals surface area (Å²) in [6.07, 6.45) is 0.577. The maximum absolute atomic E-state index is 10.6. The molecule has 0 spiro atoms. The molecule has 2 aromatic carbocycles. The van der Waals surface area contributed by atoms with Crippen molar-refractivity contribution in [1.82, 2.24) is 0 Å². The van der Waals surface area contributed by atoms with E-state index in [1.807, 2.05) is 12.1 Å². The van der Waals surface area contributed by atoms with Crippen LogP contribution >= 0.6 is 0 Å². The summed E-state index contributed by atoms with van der Waals surface area (Å²) >= 11 is 0. The molecule has 5 nitrogen and oxygen atoms in total. The van der Waals surface area contributed by atoms with Crippen molar-refractivity contribution in [1.29, 1.82) is 5.26 Å². The van der Waals surface area contributed by atoms with Crippen molar-refractivity contribution in [2.75, 3.05) is 0 Å². The number of non-ortho nitro benzene ring substituents is 1. The Morgan fingerprint density at radius 3 is 2.55 bits per heavy atom. The van der Waals surface area contributed by atoms with Gasteiger partial charge in [-0.25, -0.2) is 0 Å². The van der Waals surface area contributed by atoms with Gasteiger partial charge in [-0.3, -0.25) is 10.1 Å². The molecule has 5 heteroatoms. The summed E-state index contributed by atoms with van der Waals surface area (Å²) < 4.78 is 0. The van der Waals surface area contributed by atoms with E-state index in [1.165, 1.54) is 12.1 Å². The third-order valence-electron chi connectivity index (χ3n) is 3.04. The van der Waals surface area contributed by atoms with Crippen LogP contribution in [-0.4, -0.2) is 4.92 Å². The summed E-state index contributed by atoms with van der Waals surface area (Å²) in [5.41, 5.74) is 8.54. The summed E-state index contributed by atoms with van der Waals surface area (Å²) in [6, 6.07) is 15.3. The van der Waals surface area contributed by atoms with Crippen LogP contribution in [0.15, 0.2) is 48.5 Å². The topological polar surface area (TPSA) is 93.0 Å². The van der Waals surface area contributed by atoms with Gasteiger partial charge in [0.1, 0.15) is 0 Å². The molecule has 0 aliphatic carbocycles. The molecule has 1 atom stereocenters. The fourth-order valence-electron chi connectivity index (χ4n) is 1.98. The number of hydrogen-bond acceptors (Lipinski definition) is 4. The third-order valence-corrected chi connectivity index (χ3v) is 3.04. The van der Waals surface area contributed by atoms with Crippen LogP contribution in [-0.2, 0) is 6.42 Å². The van der Waals surface area contributed by atoms with Crippen molar-refractivity contribution in [3.63, 3.8) is 0 Å². The van der Waals surface area contributed by atoms with Crippen molar-refractivity contribution in [3.05, 3.63) is 75.3 Å². The van der Waals surface area contributed by atoms with E-state index in [1.54, 1.807) is 24.3 Å². The first-order valence-electron chi connectivity index (χ1n) is 6.09. The molecule has 20 heavy (non-hydrogen) atoms. The number of nitriles is 1. The highest BCUT2D eigenvalue weighted by Gasteiger charge is 2.10. The largest absolute Gasteiger partial charge is 0.324 e. The molecule has 0 bridgehead atoms. The van der Waals surface area contributed by atoms with Crippen LogP contribution in [0.4, 0.5) is 5.69 Å². The van der Waals surface area contributed by atoms with E-state index in [-0.39, 0.29) is 11.7 Å². The Hall–Kier alpha value is -2.71. The maximum Gasteiger partial charge on any atom is 0.269 e. The molecule has 2 aromatic rings. The summed E-state index contributed by atoms with van der Waals surface area (Å²) in [4.78, 5) is 10.1. The van der Waals surface area contributed by atoms with E-state index in [0.717, 1.165) is 11.1 Å². The van der Waals surface area contributed by atoms with Crippen molar-refractivity contribution < 1.29 is 4.92 Å². The number of rotatable bonds is 4. The number of hydrogen-bond donors (Lipinski definition) is 1. The smallest absolute Gasteiger partial charge is 0.269 e. The van der Waals surface area contributed by atoms with Gasteiger partial charge in [0, 0.05) is 18.2 Å². The van der Waals surface area contributed by atoms with Crippen LogP contribution in [0.25, 0.3) is 0 Å². The first-order valence-corrected chi connectivity index (χ1v) is 6.09. The van der Waals surface area contributed by atoms with Crippen LogP contribution in [0.3, 0.4) is 0 Å². The first kappa shape index (κ1) is 13.7. The molecule has 1 unspecified atom stereocenters. The number of nitro benzene ring substituents is 1. The molecule has 2 N–H and O–H groups in total. The second-order valence-electron chi connectivity index (χ2n) is 4.47. The highest BCUT2D eigenvalue weighted by molar-refractivity contribution is 5.36. The fraction of sp³-hybridized carbons (Fsp3) is 0.133. The molecule has 0 radical (unpaired) electrons. The van der Waals surface area contributed by atoms with Gasteiger partial charge >= 0.3 is 0 Å². The van der Waals surface area contributed by atoms with Crippen molar-refractivity contribution in [2.24, 2.45) is 5.73 Å². The molecule has 0 fully saturated rings. The van der Waals surface area contributed by atoms with Gasteiger partial charge in [0.25, 0.3) is 5.69 Å².